The predicted octanol–water partition coefficient (Wildman–Crippen LogP) is 5.59. The molecule has 7 heteroatoms. The van der Waals surface area contributed by atoms with Crippen molar-refractivity contribution in [1.29, 1.82) is 0 Å². The van der Waals surface area contributed by atoms with Gasteiger partial charge >= 0.3 is 0 Å². The number of carbonyl (C=O) groups excluding carboxylic acids is 1. The number of hydrogen-bond donors (Lipinski definition) is 1. The number of nitrogens with one attached hydrogen (secondary N) is 1. The highest BCUT2D eigenvalue weighted by Crippen LogP contribution is 2.25. The normalized spacial score (nSPS) is 15.8. The van der Waals surface area contributed by atoms with Crippen molar-refractivity contribution < 1.29 is 14.3 Å². The number of hydrogen-bond acceptors (Lipinski definition) is 4. The van der Waals surface area contributed by atoms with Crippen LogP contribution in [0.3, 0.4) is 0 Å². The van der Waals surface area contributed by atoms with E-state index in [2.05, 4.69) is 10.2 Å². The first kappa shape index (κ1) is 24.4. The molecule has 1 heterocycles. The summed E-state index contributed by atoms with van der Waals surface area (Å²) in [6, 6.07) is 23.1. The maximum atomic E-state index is 12.2. The molecule has 0 saturated carbocycles. The van der Waals surface area contributed by atoms with Crippen molar-refractivity contribution in [3.63, 3.8) is 0 Å². The van der Waals surface area contributed by atoms with Crippen LogP contribution in [0, 0.1) is 5.92 Å². The number of halogens is 2. The quantitative estimate of drug-likeness (QED) is 0.395. The van der Waals surface area contributed by atoms with Gasteiger partial charge in [0, 0.05) is 19.6 Å². The van der Waals surface area contributed by atoms with Crippen LogP contribution in [0.1, 0.15) is 17.5 Å². The van der Waals surface area contributed by atoms with Crippen molar-refractivity contribution in [3.05, 3.63) is 94.0 Å². The second-order valence-corrected chi connectivity index (χ2v) is 9.29. The van der Waals surface area contributed by atoms with E-state index in [1.807, 2.05) is 72.8 Å². The number of likely N-dealkylation sites (tertiary alicyclic amines) is 1. The lowest BCUT2D eigenvalue weighted by molar-refractivity contribution is -0.123. The second-order valence-electron chi connectivity index (χ2n) is 8.48. The third-order valence-corrected chi connectivity index (χ3v) is 6.53. The van der Waals surface area contributed by atoms with E-state index in [1.54, 1.807) is 0 Å². The van der Waals surface area contributed by atoms with E-state index in [1.165, 1.54) is 0 Å². The fourth-order valence-corrected chi connectivity index (χ4v) is 4.27. The van der Waals surface area contributed by atoms with Crippen molar-refractivity contribution in [1.82, 2.24) is 10.2 Å². The molecular formula is C27H28Cl2N2O3. The molecule has 1 aliphatic heterocycles. The van der Waals surface area contributed by atoms with Crippen molar-refractivity contribution in [3.8, 4) is 11.5 Å². The van der Waals surface area contributed by atoms with Crippen molar-refractivity contribution in [2.24, 2.45) is 5.92 Å². The summed E-state index contributed by atoms with van der Waals surface area (Å²) in [5.41, 5.74) is 2.25. The standard InChI is InChI=1S/C27H28Cl2N2O3/c28-25-11-6-21(14-26(25)29)16-31-13-12-22(17-31)15-30-27(32)19-34-24-9-7-23(8-10-24)33-18-20-4-2-1-3-5-20/h1-11,14,22H,12-13,15-19H2,(H,30,32). The van der Waals surface area contributed by atoms with Gasteiger partial charge in [0.25, 0.3) is 5.91 Å². The first-order valence-corrected chi connectivity index (χ1v) is 12.1. The Morgan fingerprint density at radius 1 is 0.912 bits per heavy atom. The number of ether oxygens (including phenoxy) is 2. The fourth-order valence-electron chi connectivity index (χ4n) is 3.95. The van der Waals surface area contributed by atoms with Crippen LogP contribution in [0.2, 0.25) is 10.0 Å². The molecule has 1 amide bonds. The van der Waals surface area contributed by atoms with E-state index >= 15 is 0 Å². The predicted molar refractivity (Wildman–Crippen MR) is 136 cm³/mol. The molecule has 3 aromatic carbocycles. The minimum Gasteiger partial charge on any atom is -0.489 e. The monoisotopic (exact) mass is 498 g/mol. The summed E-state index contributed by atoms with van der Waals surface area (Å²) in [5, 5.41) is 4.14. The van der Waals surface area contributed by atoms with Gasteiger partial charge in [-0.3, -0.25) is 9.69 Å². The Kier molecular flexibility index (Phi) is 8.69. The molecule has 1 fully saturated rings. The van der Waals surface area contributed by atoms with Gasteiger partial charge in [-0.05, 0) is 66.4 Å². The van der Waals surface area contributed by atoms with Gasteiger partial charge in [0.05, 0.1) is 10.0 Å². The Balaban J connectivity index is 1.13. The molecule has 1 unspecified atom stereocenters. The molecule has 4 rings (SSSR count). The molecular weight excluding hydrogens is 471 g/mol. The molecule has 1 saturated heterocycles. The highest BCUT2D eigenvalue weighted by atomic mass is 35.5. The second kappa shape index (κ2) is 12.1. The first-order chi connectivity index (χ1) is 16.5. The van der Waals surface area contributed by atoms with Gasteiger partial charge in [0.2, 0.25) is 0 Å². The molecule has 178 valence electrons. The largest absolute Gasteiger partial charge is 0.489 e. The van der Waals surface area contributed by atoms with Gasteiger partial charge in [-0.15, -0.1) is 0 Å². The van der Waals surface area contributed by atoms with E-state index < -0.39 is 0 Å². The van der Waals surface area contributed by atoms with Gasteiger partial charge in [0.1, 0.15) is 18.1 Å². The molecule has 34 heavy (non-hydrogen) atoms. The third-order valence-electron chi connectivity index (χ3n) is 5.79. The van der Waals surface area contributed by atoms with E-state index in [4.69, 9.17) is 32.7 Å². The van der Waals surface area contributed by atoms with Gasteiger partial charge in [-0.1, -0.05) is 59.6 Å². The molecule has 0 bridgehead atoms. The lowest BCUT2D eigenvalue weighted by Crippen LogP contribution is -2.34. The molecule has 1 aliphatic rings. The van der Waals surface area contributed by atoms with Crippen LogP contribution in [0.15, 0.2) is 72.8 Å². The molecule has 1 N–H and O–H groups in total. The first-order valence-electron chi connectivity index (χ1n) is 11.4. The highest BCUT2D eigenvalue weighted by molar-refractivity contribution is 6.42. The topological polar surface area (TPSA) is 50.8 Å². The fraction of sp³-hybridized carbons (Fsp3) is 0.296. The molecule has 1 atom stereocenters. The molecule has 0 aliphatic carbocycles. The third kappa shape index (κ3) is 7.39. The van der Waals surface area contributed by atoms with Crippen molar-refractivity contribution >= 4 is 29.1 Å². The maximum absolute atomic E-state index is 12.2. The molecule has 0 spiro atoms. The maximum Gasteiger partial charge on any atom is 0.257 e. The van der Waals surface area contributed by atoms with E-state index in [-0.39, 0.29) is 12.5 Å². The Hall–Kier alpha value is -2.73. The zero-order chi connectivity index (χ0) is 23.8. The van der Waals surface area contributed by atoms with Crippen LogP contribution in [0.5, 0.6) is 11.5 Å². The lowest BCUT2D eigenvalue weighted by atomic mass is 10.1. The summed E-state index contributed by atoms with van der Waals surface area (Å²) >= 11 is 12.1. The van der Waals surface area contributed by atoms with Crippen LogP contribution in [-0.2, 0) is 17.9 Å². The molecule has 5 nitrogen and oxygen atoms in total. The number of rotatable bonds is 10. The van der Waals surface area contributed by atoms with Gasteiger partial charge < -0.3 is 14.8 Å². The summed E-state index contributed by atoms with van der Waals surface area (Å²) in [7, 11) is 0. The average molecular weight is 499 g/mol. The van der Waals surface area contributed by atoms with Gasteiger partial charge in [-0.25, -0.2) is 0 Å². The van der Waals surface area contributed by atoms with E-state index in [0.717, 1.165) is 42.9 Å². The van der Waals surface area contributed by atoms with Crippen molar-refractivity contribution in [2.75, 3.05) is 26.2 Å². The minimum absolute atomic E-state index is 0.00999. The summed E-state index contributed by atoms with van der Waals surface area (Å²) in [6.45, 7) is 3.91. The van der Waals surface area contributed by atoms with Crippen LogP contribution < -0.4 is 14.8 Å². The summed E-state index contributed by atoms with van der Waals surface area (Å²) in [4.78, 5) is 14.6. The molecule has 0 radical (unpaired) electrons. The Bertz CT molecular complexity index is 1080. The minimum atomic E-state index is -0.118. The number of benzene rings is 3. The lowest BCUT2D eigenvalue weighted by Gasteiger charge is -2.17. The summed E-state index contributed by atoms with van der Waals surface area (Å²) < 4.78 is 11.4. The zero-order valence-corrected chi connectivity index (χ0v) is 20.4. The van der Waals surface area contributed by atoms with Crippen LogP contribution >= 0.6 is 23.2 Å². The van der Waals surface area contributed by atoms with Gasteiger partial charge in [-0.2, -0.15) is 0 Å². The number of carbonyl (C=O) groups is 1. The van der Waals surface area contributed by atoms with Crippen LogP contribution in [-0.4, -0.2) is 37.0 Å². The Morgan fingerprint density at radius 2 is 1.65 bits per heavy atom. The SMILES string of the molecule is O=C(COc1ccc(OCc2ccccc2)cc1)NCC1CCN(Cc2ccc(Cl)c(Cl)c2)C1. The van der Waals surface area contributed by atoms with Crippen LogP contribution in [0.4, 0.5) is 0 Å². The highest BCUT2D eigenvalue weighted by Gasteiger charge is 2.23. The van der Waals surface area contributed by atoms with Crippen molar-refractivity contribution in [2.45, 2.75) is 19.6 Å². The van der Waals surface area contributed by atoms with E-state index in [0.29, 0.717) is 34.9 Å². The Labute approximate surface area is 210 Å². The average Bonchev–Trinajstić information content (AvgIpc) is 3.31. The number of amides is 1. The molecule has 0 aromatic heterocycles. The molecule has 3 aromatic rings. The van der Waals surface area contributed by atoms with Gasteiger partial charge in [0.15, 0.2) is 6.61 Å². The Morgan fingerprint density at radius 3 is 2.38 bits per heavy atom. The summed E-state index contributed by atoms with van der Waals surface area (Å²) in [6.07, 6.45) is 1.05. The number of nitrogens with zero attached hydrogens (tertiary/aromatic N) is 1. The summed E-state index contributed by atoms with van der Waals surface area (Å²) in [5.74, 6) is 1.70. The van der Waals surface area contributed by atoms with Crippen LogP contribution in [0.25, 0.3) is 0 Å². The zero-order valence-electron chi connectivity index (χ0n) is 18.9. The smallest absolute Gasteiger partial charge is 0.257 e. The van der Waals surface area contributed by atoms with E-state index in [9.17, 15) is 4.79 Å².